The molecular weight excluding hydrogens is 420 g/mol. The van der Waals surface area contributed by atoms with Crippen molar-refractivity contribution >= 4 is 21.7 Å². The van der Waals surface area contributed by atoms with E-state index in [1.54, 1.807) is 37.5 Å². The van der Waals surface area contributed by atoms with E-state index in [9.17, 15) is 13.2 Å². The molecule has 0 unspecified atom stereocenters. The second-order valence-corrected chi connectivity index (χ2v) is 8.99. The minimum absolute atomic E-state index is 0.194. The Morgan fingerprint density at radius 1 is 1.19 bits per heavy atom. The summed E-state index contributed by atoms with van der Waals surface area (Å²) < 4.78 is 33.0. The van der Waals surface area contributed by atoms with Crippen LogP contribution in [0.4, 0.5) is 11.6 Å². The van der Waals surface area contributed by atoms with E-state index in [2.05, 4.69) is 19.7 Å². The van der Waals surface area contributed by atoms with Crippen molar-refractivity contribution in [1.82, 2.24) is 19.5 Å². The monoisotopic (exact) mass is 442 g/mol. The molecule has 31 heavy (non-hydrogen) atoms. The lowest BCUT2D eigenvalue weighted by atomic mass is 10.1. The normalized spacial score (nSPS) is 16.8. The van der Waals surface area contributed by atoms with Crippen LogP contribution < -0.4 is 15.2 Å². The second-order valence-electron chi connectivity index (χ2n) is 7.24. The first-order chi connectivity index (χ1) is 14.8. The molecule has 1 aliphatic rings. The minimum atomic E-state index is -3.38. The van der Waals surface area contributed by atoms with Crippen molar-refractivity contribution < 1.29 is 13.2 Å². The lowest BCUT2D eigenvalue weighted by molar-refractivity contribution is 0.0390. The van der Waals surface area contributed by atoms with E-state index >= 15 is 0 Å². The van der Waals surface area contributed by atoms with Gasteiger partial charge in [-0.3, -0.25) is 14.1 Å². The van der Waals surface area contributed by atoms with Gasteiger partial charge >= 0.3 is 0 Å². The minimum Gasteiger partial charge on any atom is -0.370 e. The van der Waals surface area contributed by atoms with E-state index in [1.165, 1.54) is 17.0 Å². The van der Waals surface area contributed by atoms with E-state index in [0.717, 1.165) is 11.8 Å². The maximum atomic E-state index is 12.6. The summed E-state index contributed by atoms with van der Waals surface area (Å²) in [5.41, 5.74) is 2.15. The molecule has 10 nitrogen and oxygen atoms in total. The molecule has 2 aromatic heterocycles. The summed E-state index contributed by atoms with van der Waals surface area (Å²) in [6.45, 7) is 1.45. The smallest absolute Gasteiger partial charge is 0.255 e. The number of nitrogens with one attached hydrogen (secondary N) is 1. The van der Waals surface area contributed by atoms with Crippen molar-refractivity contribution in [2.75, 3.05) is 35.6 Å². The number of anilines is 2. The number of hydrogen-bond acceptors (Lipinski definition) is 8. The summed E-state index contributed by atoms with van der Waals surface area (Å²) in [5, 5.41) is 0. The summed E-state index contributed by atoms with van der Waals surface area (Å²) in [4.78, 5) is 27.3. The average Bonchev–Trinajstić information content (AvgIpc) is 2.75. The van der Waals surface area contributed by atoms with Gasteiger partial charge in [-0.2, -0.15) is 0 Å². The number of sulfonamides is 1. The summed E-state index contributed by atoms with van der Waals surface area (Å²) in [7, 11) is -1.70. The number of hydrogen-bond donors (Lipinski definition) is 1. The van der Waals surface area contributed by atoms with Crippen LogP contribution in [-0.4, -0.2) is 53.9 Å². The molecule has 162 valence electrons. The topological polar surface area (TPSA) is 119 Å². The number of nitrogens with zero attached hydrogens (tertiary/aromatic N) is 5. The molecule has 3 heterocycles. The van der Waals surface area contributed by atoms with Crippen molar-refractivity contribution in [1.29, 1.82) is 0 Å². The lowest BCUT2D eigenvalue weighted by Gasteiger charge is -2.34. The van der Waals surface area contributed by atoms with Crippen LogP contribution >= 0.6 is 0 Å². The van der Waals surface area contributed by atoms with E-state index in [4.69, 9.17) is 4.74 Å². The molecule has 11 heteroatoms. The molecule has 1 aliphatic heterocycles. The predicted octanol–water partition coefficient (Wildman–Crippen LogP) is 1.19. The zero-order valence-electron chi connectivity index (χ0n) is 17.1. The third kappa shape index (κ3) is 4.89. The van der Waals surface area contributed by atoms with Crippen LogP contribution in [0.15, 0.2) is 53.7 Å². The number of morpholine rings is 1. The molecule has 0 spiro atoms. The maximum absolute atomic E-state index is 12.6. The molecule has 0 bridgehead atoms. The van der Waals surface area contributed by atoms with Crippen LogP contribution in [0.1, 0.15) is 11.7 Å². The van der Waals surface area contributed by atoms with Gasteiger partial charge in [-0.05, 0) is 23.8 Å². The number of aromatic nitrogens is 4. The molecule has 1 atom stereocenters. The van der Waals surface area contributed by atoms with E-state index < -0.39 is 10.0 Å². The quantitative estimate of drug-likeness (QED) is 0.626. The van der Waals surface area contributed by atoms with Crippen LogP contribution in [0, 0.1) is 0 Å². The highest BCUT2D eigenvalue weighted by atomic mass is 32.2. The molecular formula is C20H22N6O4S. The molecule has 0 aliphatic carbocycles. The van der Waals surface area contributed by atoms with Crippen LogP contribution in [0.25, 0.3) is 11.4 Å². The second kappa shape index (κ2) is 8.44. The highest BCUT2D eigenvalue weighted by Crippen LogP contribution is 2.27. The van der Waals surface area contributed by atoms with Gasteiger partial charge in [-0.25, -0.2) is 23.4 Å². The van der Waals surface area contributed by atoms with Gasteiger partial charge in [0.15, 0.2) is 0 Å². The average molecular weight is 443 g/mol. The third-order valence-electron chi connectivity index (χ3n) is 4.87. The Kier molecular flexibility index (Phi) is 5.70. The van der Waals surface area contributed by atoms with E-state index in [-0.39, 0.29) is 11.7 Å². The first kappa shape index (κ1) is 20.9. The van der Waals surface area contributed by atoms with Crippen LogP contribution in [0.2, 0.25) is 0 Å². The SMILES string of the molecule is Cn1c(N2CCO[C@@H](c3cccc(NS(C)(=O)=O)c3)C2)nc(-c2ccncn2)cc1=O. The Morgan fingerprint density at radius 2 is 2.03 bits per heavy atom. The fraction of sp³-hybridized carbons (Fsp3) is 0.300. The van der Waals surface area contributed by atoms with Gasteiger partial charge in [0, 0.05) is 31.5 Å². The van der Waals surface area contributed by atoms with Crippen molar-refractivity contribution in [3.8, 4) is 11.4 Å². The van der Waals surface area contributed by atoms with Crippen LogP contribution in [0.5, 0.6) is 0 Å². The Morgan fingerprint density at radius 3 is 2.77 bits per heavy atom. The summed E-state index contributed by atoms with van der Waals surface area (Å²) >= 11 is 0. The molecule has 1 saturated heterocycles. The third-order valence-corrected chi connectivity index (χ3v) is 5.47. The van der Waals surface area contributed by atoms with Gasteiger partial charge < -0.3 is 9.64 Å². The number of rotatable bonds is 5. The summed E-state index contributed by atoms with van der Waals surface area (Å²) in [5.74, 6) is 0.514. The summed E-state index contributed by atoms with van der Waals surface area (Å²) in [6, 6.07) is 10.2. The van der Waals surface area contributed by atoms with Gasteiger partial charge in [0.25, 0.3) is 5.56 Å². The lowest BCUT2D eigenvalue weighted by Crippen LogP contribution is -2.41. The van der Waals surface area contributed by atoms with Gasteiger partial charge in [0.2, 0.25) is 16.0 Å². The van der Waals surface area contributed by atoms with Gasteiger partial charge in [0.05, 0.1) is 30.8 Å². The van der Waals surface area contributed by atoms with Crippen molar-refractivity contribution in [2.45, 2.75) is 6.10 Å². The molecule has 1 fully saturated rings. The van der Waals surface area contributed by atoms with E-state index in [0.29, 0.717) is 42.7 Å². The molecule has 1 aromatic carbocycles. The van der Waals surface area contributed by atoms with Crippen molar-refractivity contribution in [3.63, 3.8) is 0 Å². The predicted molar refractivity (Wildman–Crippen MR) is 116 cm³/mol. The Hall–Kier alpha value is -3.31. The van der Waals surface area contributed by atoms with E-state index in [1.807, 2.05) is 11.0 Å². The zero-order valence-corrected chi connectivity index (χ0v) is 17.9. The maximum Gasteiger partial charge on any atom is 0.255 e. The first-order valence-electron chi connectivity index (χ1n) is 9.59. The standard InChI is InChI=1S/C20H22N6O4S/c1-25-19(27)11-17(16-6-7-21-13-22-16)23-20(25)26-8-9-30-18(12-26)14-4-3-5-15(10-14)24-31(2,28)29/h3-7,10-11,13,18,24H,8-9,12H2,1-2H3/t18-/m1/s1. The molecule has 0 amide bonds. The van der Waals surface area contributed by atoms with Crippen molar-refractivity contribution in [3.05, 3.63) is 64.8 Å². The zero-order chi connectivity index (χ0) is 22.0. The molecule has 4 rings (SSSR count). The molecule has 0 saturated carbocycles. The molecule has 0 radical (unpaired) electrons. The Balaban J connectivity index is 1.63. The Bertz CT molecular complexity index is 1250. The van der Waals surface area contributed by atoms with Crippen LogP contribution in [0.3, 0.4) is 0 Å². The highest BCUT2D eigenvalue weighted by molar-refractivity contribution is 7.92. The fourth-order valence-corrected chi connectivity index (χ4v) is 3.99. The first-order valence-corrected chi connectivity index (χ1v) is 11.5. The largest absolute Gasteiger partial charge is 0.370 e. The molecule has 1 N–H and O–H groups in total. The Labute approximate surface area is 179 Å². The number of ether oxygens (including phenoxy) is 1. The van der Waals surface area contributed by atoms with Gasteiger partial charge in [-0.1, -0.05) is 12.1 Å². The molecule has 3 aromatic rings. The van der Waals surface area contributed by atoms with Gasteiger partial charge in [-0.15, -0.1) is 0 Å². The fourth-order valence-electron chi connectivity index (χ4n) is 3.43. The van der Waals surface area contributed by atoms with Gasteiger partial charge in [0.1, 0.15) is 12.4 Å². The van der Waals surface area contributed by atoms with Crippen LogP contribution in [-0.2, 0) is 21.8 Å². The number of benzene rings is 1. The summed E-state index contributed by atoms with van der Waals surface area (Å²) in [6.07, 6.45) is 3.81. The highest BCUT2D eigenvalue weighted by Gasteiger charge is 2.25. The van der Waals surface area contributed by atoms with Crippen molar-refractivity contribution in [2.24, 2.45) is 7.05 Å².